The van der Waals surface area contributed by atoms with Crippen molar-refractivity contribution in [3.8, 4) is 6.07 Å². The predicted octanol–water partition coefficient (Wildman–Crippen LogP) is 0.558. The van der Waals surface area contributed by atoms with E-state index >= 15 is 0 Å². The molecular weight excluding hydrogens is 232 g/mol. The number of carbonyl (C=O) groups excluding carboxylic acids is 1. The molecule has 0 saturated carbocycles. The molecule has 96 valence electrons. The monoisotopic (exact) mass is 248 g/mol. The maximum Gasteiger partial charge on any atom is 0.317 e. The van der Waals surface area contributed by atoms with Gasteiger partial charge in [-0.2, -0.15) is 10.4 Å². The van der Waals surface area contributed by atoms with Gasteiger partial charge in [-0.25, -0.2) is 9.78 Å². The van der Waals surface area contributed by atoms with Crippen LogP contribution in [0.4, 0.5) is 4.79 Å². The van der Waals surface area contributed by atoms with Crippen LogP contribution in [0.3, 0.4) is 0 Å². The fourth-order valence-corrected chi connectivity index (χ4v) is 2.00. The number of H-pyrrole nitrogens is 1. The van der Waals surface area contributed by atoms with Crippen molar-refractivity contribution in [3.63, 3.8) is 0 Å². The maximum atomic E-state index is 11.9. The van der Waals surface area contributed by atoms with Crippen LogP contribution in [0.1, 0.15) is 24.5 Å². The van der Waals surface area contributed by atoms with E-state index in [0.29, 0.717) is 25.5 Å². The number of aromatic nitrogens is 3. The molecular formula is C11H16N6O. The number of aryl methyl sites for hydroxylation is 1. The number of likely N-dealkylation sites (tertiary alicyclic amines) is 1. The predicted molar refractivity (Wildman–Crippen MR) is 63.3 cm³/mol. The molecule has 0 aliphatic carbocycles. The quantitative estimate of drug-likeness (QED) is 0.798. The Hall–Kier alpha value is -2.10. The first kappa shape index (κ1) is 12.4. The molecule has 0 radical (unpaired) electrons. The second-order valence-electron chi connectivity index (χ2n) is 4.41. The van der Waals surface area contributed by atoms with Crippen molar-refractivity contribution in [2.24, 2.45) is 5.92 Å². The van der Waals surface area contributed by atoms with E-state index in [1.54, 1.807) is 11.8 Å². The average Bonchev–Trinajstić information content (AvgIpc) is 2.82. The number of aromatic amines is 1. The zero-order chi connectivity index (χ0) is 13.0. The van der Waals surface area contributed by atoms with Gasteiger partial charge >= 0.3 is 6.03 Å². The van der Waals surface area contributed by atoms with Crippen molar-refractivity contribution in [2.45, 2.75) is 26.3 Å². The van der Waals surface area contributed by atoms with Crippen LogP contribution < -0.4 is 5.32 Å². The minimum absolute atomic E-state index is 0.0461. The summed E-state index contributed by atoms with van der Waals surface area (Å²) in [6.45, 7) is 3.32. The molecule has 1 aliphatic rings. The number of hydrogen-bond acceptors (Lipinski definition) is 4. The number of piperidine rings is 1. The van der Waals surface area contributed by atoms with E-state index in [1.807, 2.05) is 0 Å². The molecule has 1 aliphatic heterocycles. The summed E-state index contributed by atoms with van der Waals surface area (Å²) in [6, 6.07) is 2.06. The number of amides is 2. The third kappa shape index (κ3) is 2.97. The molecule has 0 bridgehead atoms. The van der Waals surface area contributed by atoms with Gasteiger partial charge in [0.1, 0.15) is 5.82 Å². The zero-order valence-electron chi connectivity index (χ0n) is 10.3. The van der Waals surface area contributed by atoms with Crippen LogP contribution in [0.25, 0.3) is 0 Å². The summed E-state index contributed by atoms with van der Waals surface area (Å²) in [5.41, 5.74) is 0. The van der Waals surface area contributed by atoms with E-state index in [-0.39, 0.29) is 11.9 Å². The van der Waals surface area contributed by atoms with Gasteiger partial charge in [-0.3, -0.25) is 5.10 Å². The Kier molecular flexibility index (Phi) is 3.77. The SMILES string of the molecule is Cc1nc(CNC(=O)N2CCC[C@@H](C#N)C2)n[nH]1. The normalized spacial score (nSPS) is 19.3. The topological polar surface area (TPSA) is 97.7 Å². The van der Waals surface area contributed by atoms with Crippen LogP contribution in [-0.2, 0) is 6.54 Å². The minimum Gasteiger partial charge on any atom is -0.331 e. The van der Waals surface area contributed by atoms with Crippen molar-refractivity contribution >= 4 is 6.03 Å². The van der Waals surface area contributed by atoms with E-state index in [0.717, 1.165) is 18.7 Å². The summed E-state index contributed by atoms with van der Waals surface area (Å²) in [4.78, 5) is 17.7. The van der Waals surface area contributed by atoms with Crippen LogP contribution in [-0.4, -0.2) is 39.2 Å². The van der Waals surface area contributed by atoms with Crippen LogP contribution >= 0.6 is 0 Å². The van der Waals surface area contributed by atoms with Crippen LogP contribution in [0.15, 0.2) is 0 Å². The Morgan fingerprint density at radius 2 is 2.56 bits per heavy atom. The van der Waals surface area contributed by atoms with Crippen LogP contribution in [0.2, 0.25) is 0 Å². The molecule has 2 rings (SSSR count). The lowest BCUT2D eigenvalue weighted by molar-refractivity contribution is 0.176. The molecule has 7 heteroatoms. The molecule has 1 atom stereocenters. The van der Waals surface area contributed by atoms with Gasteiger partial charge in [-0.05, 0) is 19.8 Å². The van der Waals surface area contributed by atoms with Crippen molar-refractivity contribution in [1.29, 1.82) is 5.26 Å². The molecule has 0 unspecified atom stereocenters. The van der Waals surface area contributed by atoms with E-state index in [9.17, 15) is 4.79 Å². The Bertz CT molecular complexity index is 462. The highest BCUT2D eigenvalue weighted by Gasteiger charge is 2.23. The number of nitrogens with zero attached hydrogens (tertiary/aromatic N) is 4. The summed E-state index contributed by atoms with van der Waals surface area (Å²) >= 11 is 0. The second kappa shape index (κ2) is 5.49. The summed E-state index contributed by atoms with van der Waals surface area (Å²) in [6.07, 6.45) is 1.76. The lowest BCUT2D eigenvalue weighted by atomic mass is 10.0. The third-order valence-corrected chi connectivity index (χ3v) is 2.93. The first-order chi connectivity index (χ1) is 8.69. The number of nitrogens with one attached hydrogen (secondary N) is 2. The number of carbonyl (C=O) groups is 1. The number of nitriles is 1. The molecule has 1 aromatic rings. The summed E-state index contributed by atoms with van der Waals surface area (Å²) < 4.78 is 0. The third-order valence-electron chi connectivity index (χ3n) is 2.93. The van der Waals surface area contributed by atoms with E-state index in [4.69, 9.17) is 5.26 Å². The first-order valence-corrected chi connectivity index (χ1v) is 5.99. The van der Waals surface area contributed by atoms with Crippen molar-refractivity contribution in [3.05, 3.63) is 11.6 Å². The Morgan fingerprint density at radius 3 is 3.22 bits per heavy atom. The fraction of sp³-hybridized carbons (Fsp3) is 0.636. The molecule has 1 aromatic heterocycles. The van der Waals surface area contributed by atoms with Gasteiger partial charge in [0, 0.05) is 13.1 Å². The van der Waals surface area contributed by atoms with Gasteiger partial charge in [0.05, 0.1) is 18.5 Å². The van der Waals surface area contributed by atoms with Crippen molar-refractivity contribution in [1.82, 2.24) is 25.4 Å². The lowest BCUT2D eigenvalue weighted by Crippen LogP contribution is -2.45. The highest BCUT2D eigenvalue weighted by atomic mass is 16.2. The van der Waals surface area contributed by atoms with Gasteiger partial charge in [0.15, 0.2) is 5.82 Å². The Balaban J connectivity index is 1.82. The highest BCUT2D eigenvalue weighted by Crippen LogP contribution is 2.15. The van der Waals surface area contributed by atoms with E-state index in [1.165, 1.54) is 0 Å². The van der Waals surface area contributed by atoms with Gasteiger partial charge in [0.25, 0.3) is 0 Å². The molecule has 0 aromatic carbocycles. The summed E-state index contributed by atoms with van der Waals surface area (Å²) in [5.74, 6) is 1.24. The molecule has 2 heterocycles. The maximum absolute atomic E-state index is 11.9. The second-order valence-corrected chi connectivity index (χ2v) is 4.41. The Labute approximate surface area is 105 Å². The van der Waals surface area contributed by atoms with Crippen molar-refractivity contribution < 1.29 is 4.79 Å². The molecule has 18 heavy (non-hydrogen) atoms. The summed E-state index contributed by atoms with van der Waals surface area (Å²) in [7, 11) is 0. The number of urea groups is 1. The highest BCUT2D eigenvalue weighted by molar-refractivity contribution is 5.74. The van der Waals surface area contributed by atoms with Crippen molar-refractivity contribution in [2.75, 3.05) is 13.1 Å². The molecule has 7 nitrogen and oxygen atoms in total. The van der Waals surface area contributed by atoms with Gasteiger partial charge in [-0.15, -0.1) is 0 Å². The molecule has 2 amide bonds. The first-order valence-electron chi connectivity index (χ1n) is 5.99. The number of rotatable bonds is 2. The minimum atomic E-state index is -0.155. The van der Waals surface area contributed by atoms with Crippen LogP contribution in [0, 0.1) is 24.2 Å². The smallest absolute Gasteiger partial charge is 0.317 e. The number of hydrogen-bond donors (Lipinski definition) is 2. The van der Waals surface area contributed by atoms with E-state index in [2.05, 4.69) is 26.6 Å². The largest absolute Gasteiger partial charge is 0.331 e. The standard InChI is InChI=1S/C11H16N6O/c1-8-14-10(16-15-8)6-13-11(18)17-4-2-3-9(5-12)7-17/h9H,2-4,6-7H2,1H3,(H,13,18)(H,14,15,16)/t9-/m0/s1. The van der Waals surface area contributed by atoms with Gasteiger partial charge < -0.3 is 10.2 Å². The van der Waals surface area contributed by atoms with Gasteiger partial charge in [-0.1, -0.05) is 0 Å². The molecule has 2 N–H and O–H groups in total. The van der Waals surface area contributed by atoms with Gasteiger partial charge in [0.2, 0.25) is 0 Å². The van der Waals surface area contributed by atoms with E-state index < -0.39 is 0 Å². The lowest BCUT2D eigenvalue weighted by Gasteiger charge is -2.29. The molecule has 1 saturated heterocycles. The molecule has 1 fully saturated rings. The molecule has 0 spiro atoms. The average molecular weight is 248 g/mol. The zero-order valence-corrected chi connectivity index (χ0v) is 10.3. The fourth-order valence-electron chi connectivity index (χ4n) is 2.00. The van der Waals surface area contributed by atoms with Crippen LogP contribution in [0.5, 0.6) is 0 Å². The Morgan fingerprint density at radius 1 is 1.72 bits per heavy atom. The summed E-state index contributed by atoms with van der Waals surface area (Å²) in [5, 5.41) is 18.3.